The van der Waals surface area contributed by atoms with E-state index in [1.807, 2.05) is 0 Å². The SMILES string of the molecule is CCN1CCC(N(C(=O)CCc2ccc(OCC(F)(F)F)c(OC)c2)C2CC2)CC1. The summed E-state index contributed by atoms with van der Waals surface area (Å²) in [7, 11) is 1.39. The van der Waals surface area contributed by atoms with E-state index in [9.17, 15) is 18.0 Å². The molecule has 1 aromatic carbocycles. The quantitative estimate of drug-likeness (QED) is 0.595. The minimum atomic E-state index is -4.41. The van der Waals surface area contributed by atoms with Crippen LogP contribution in [0.25, 0.3) is 0 Å². The third kappa shape index (κ3) is 6.27. The highest BCUT2D eigenvalue weighted by Gasteiger charge is 2.38. The Bertz CT molecular complexity index is 714. The molecular weight excluding hydrogens is 397 g/mol. The van der Waals surface area contributed by atoms with Crippen LogP contribution in [0, 0.1) is 0 Å². The molecule has 1 amide bonds. The maximum absolute atomic E-state index is 13.0. The van der Waals surface area contributed by atoms with E-state index in [1.54, 1.807) is 12.1 Å². The molecule has 0 spiro atoms. The molecule has 0 atom stereocenters. The first-order chi connectivity index (χ1) is 14.3. The smallest absolute Gasteiger partial charge is 0.422 e. The first-order valence-corrected chi connectivity index (χ1v) is 10.7. The van der Waals surface area contributed by atoms with E-state index in [4.69, 9.17) is 9.47 Å². The summed E-state index contributed by atoms with van der Waals surface area (Å²) >= 11 is 0. The molecule has 1 heterocycles. The molecule has 1 aliphatic heterocycles. The van der Waals surface area contributed by atoms with Gasteiger partial charge in [0.25, 0.3) is 0 Å². The average molecular weight is 428 g/mol. The number of aryl methyl sites for hydroxylation is 1. The van der Waals surface area contributed by atoms with E-state index < -0.39 is 12.8 Å². The molecule has 5 nitrogen and oxygen atoms in total. The van der Waals surface area contributed by atoms with Crippen LogP contribution < -0.4 is 9.47 Å². The fourth-order valence-electron chi connectivity index (χ4n) is 4.10. The van der Waals surface area contributed by atoms with E-state index in [2.05, 4.69) is 16.7 Å². The summed E-state index contributed by atoms with van der Waals surface area (Å²) in [5, 5.41) is 0. The van der Waals surface area contributed by atoms with Gasteiger partial charge in [0.1, 0.15) is 0 Å². The minimum Gasteiger partial charge on any atom is -0.493 e. The van der Waals surface area contributed by atoms with Gasteiger partial charge in [-0.3, -0.25) is 4.79 Å². The Labute approximate surface area is 176 Å². The van der Waals surface area contributed by atoms with Gasteiger partial charge in [-0.1, -0.05) is 13.0 Å². The number of carbonyl (C=O) groups excluding carboxylic acids is 1. The van der Waals surface area contributed by atoms with Crippen LogP contribution in [0.3, 0.4) is 0 Å². The molecule has 30 heavy (non-hydrogen) atoms. The maximum atomic E-state index is 13.0. The highest BCUT2D eigenvalue weighted by molar-refractivity contribution is 5.77. The standard InChI is InChI=1S/C22H31F3N2O3/c1-3-26-12-10-18(11-13-26)27(17-6-7-17)21(28)9-5-16-4-8-19(20(14-16)29-2)30-15-22(23,24)25/h4,8,14,17-18H,3,5-7,9-13,15H2,1-2H3. The Morgan fingerprint density at radius 1 is 1.13 bits per heavy atom. The lowest BCUT2D eigenvalue weighted by Gasteiger charge is -2.38. The number of amides is 1. The van der Waals surface area contributed by atoms with Crippen LogP contribution in [0.5, 0.6) is 11.5 Å². The molecule has 1 aromatic rings. The van der Waals surface area contributed by atoms with Crippen molar-refractivity contribution in [2.24, 2.45) is 0 Å². The van der Waals surface area contributed by atoms with E-state index in [0.717, 1.165) is 50.9 Å². The average Bonchev–Trinajstić information content (AvgIpc) is 3.56. The lowest BCUT2D eigenvalue weighted by molar-refractivity contribution is -0.153. The zero-order valence-corrected chi connectivity index (χ0v) is 17.7. The van der Waals surface area contributed by atoms with Gasteiger partial charge in [0, 0.05) is 31.6 Å². The number of piperidine rings is 1. The molecular formula is C22H31F3N2O3. The van der Waals surface area contributed by atoms with Gasteiger partial charge in [-0.2, -0.15) is 13.2 Å². The monoisotopic (exact) mass is 428 g/mol. The van der Waals surface area contributed by atoms with Crippen molar-refractivity contribution in [2.45, 2.75) is 63.7 Å². The Morgan fingerprint density at radius 3 is 2.37 bits per heavy atom. The van der Waals surface area contributed by atoms with Gasteiger partial charge in [-0.15, -0.1) is 0 Å². The molecule has 0 N–H and O–H groups in total. The van der Waals surface area contributed by atoms with Gasteiger partial charge in [-0.05, 0) is 56.3 Å². The zero-order valence-electron chi connectivity index (χ0n) is 17.7. The Kier molecular flexibility index (Phi) is 7.50. The second-order valence-corrected chi connectivity index (χ2v) is 8.09. The lowest BCUT2D eigenvalue weighted by atomic mass is 10.0. The number of nitrogens with zero attached hydrogens (tertiary/aromatic N) is 2. The fraction of sp³-hybridized carbons (Fsp3) is 0.682. The zero-order chi connectivity index (χ0) is 21.7. The molecule has 0 aromatic heterocycles. The normalized spacial score (nSPS) is 18.3. The molecule has 168 valence electrons. The van der Waals surface area contributed by atoms with Gasteiger partial charge < -0.3 is 19.3 Å². The molecule has 3 rings (SSSR count). The molecule has 1 saturated heterocycles. The molecule has 2 aliphatic rings. The van der Waals surface area contributed by atoms with E-state index in [-0.39, 0.29) is 17.4 Å². The number of rotatable bonds is 9. The maximum Gasteiger partial charge on any atom is 0.422 e. The number of halogens is 3. The summed E-state index contributed by atoms with van der Waals surface area (Å²) in [5.74, 6) is 0.464. The van der Waals surface area contributed by atoms with Gasteiger partial charge in [-0.25, -0.2) is 0 Å². The Morgan fingerprint density at radius 2 is 1.80 bits per heavy atom. The van der Waals surface area contributed by atoms with Crippen molar-refractivity contribution in [1.82, 2.24) is 9.80 Å². The number of carbonyl (C=O) groups is 1. The van der Waals surface area contributed by atoms with Crippen LogP contribution in [0.1, 0.15) is 44.6 Å². The Balaban J connectivity index is 1.57. The number of hydrogen-bond acceptors (Lipinski definition) is 4. The van der Waals surface area contributed by atoms with Gasteiger partial charge in [0.15, 0.2) is 18.1 Å². The summed E-state index contributed by atoms with van der Waals surface area (Å²) in [4.78, 5) is 17.5. The number of methoxy groups -OCH3 is 1. The largest absolute Gasteiger partial charge is 0.493 e. The van der Waals surface area contributed by atoms with Crippen LogP contribution in [0.15, 0.2) is 18.2 Å². The van der Waals surface area contributed by atoms with E-state index in [1.165, 1.54) is 13.2 Å². The van der Waals surface area contributed by atoms with Crippen LogP contribution in [0.2, 0.25) is 0 Å². The lowest BCUT2D eigenvalue weighted by Crippen LogP contribution is -2.48. The molecule has 1 aliphatic carbocycles. The molecule has 1 saturated carbocycles. The summed E-state index contributed by atoms with van der Waals surface area (Å²) in [6.07, 6.45) is 0.708. The first kappa shape index (κ1) is 22.7. The number of hydrogen-bond donors (Lipinski definition) is 0. The third-order valence-corrected chi connectivity index (χ3v) is 5.87. The van der Waals surface area contributed by atoms with Crippen molar-refractivity contribution >= 4 is 5.91 Å². The predicted molar refractivity (Wildman–Crippen MR) is 108 cm³/mol. The van der Waals surface area contributed by atoms with Crippen LogP contribution >= 0.6 is 0 Å². The Hall–Kier alpha value is -1.96. The summed E-state index contributed by atoms with van der Waals surface area (Å²) in [6, 6.07) is 5.52. The van der Waals surface area contributed by atoms with Crippen molar-refractivity contribution in [3.05, 3.63) is 23.8 Å². The number of benzene rings is 1. The van der Waals surface area contributed by atoms with Crippen LogP contribution in [-0.2, 0) is 11.2 Å². The summed E-state index contributed by atoms with van der Waals surface area (Å²) in [6.45, 7) is 3.92. The third-order valence-electron chi connectivity index (χ3n) is 5.87. The number of likely N-dealkylation sites (tertiary alicyclic amines) is 1. The summed E-state index contributed by atoms with van der Waals surface area (Å²) < 4.78 is 47.2. The first-order valence-electron chi connectivity index (χ1n) is 10.7. The number of alkyl halides is 3. The van der Waals surface area contributed by atoms with Gasteiger partial charge in [0.05, 0.1) is 7.11 Å². The van der Waals surface area contributed by atoms with Crippen molar-refractivity contribution < 1.29 is 27.4 Å². The molecule has 0 radical (unpaired) electrons. The second-order valence-electron chi connectivity index (χ2n) is 8.09. The van der Waals surface area contributed by atoms with Crippen molar-refractivity contribution in [3.8, 4) is 11.5 Å². The molecule has 2 fully saturated rings. The minimum absolute atomic E-state index is 0.0483. The van der Waals surface area contributed by atoms with Crippen molar-refractivity contribution in [2.75, 3.05) is 33.4 Å². The van der Waals surface area contributed by atoms with Crippen molar-refractivity contribution in [1.29, 1.82) is 0 Å². The van der Waals surface area contributed by atoms with Gasteiger partial charge >= 0.3 is 6.18 Å². The predicted octanol–water partition coefficient (Wildman–Crippen LogP) is 4.04. The van der Waals surface area contributed by atoms with E-state index >= 15 is 0 Å². The van der Waals surface area contributed by atoms with Crippen LogP contribution in [0.4, 0.5) is 13.2 Å². The van der Waals surface area contributed by atoms with Gasteiger partial charge in [0.2, 0.25) is 5.91 Å². The highest BCUT2D eigenvalue weighted by Crippen LogP contribution is 2.33. The van der Waals surface area contributed by atoms with Crippen molar-refractivity contribution in [3.63, 3.8) is 0 Å². The van der Waals surface area contributed by atoms with E-state index in [0.29, 0.717) is 24.9 Å². The molecule has 0 bridgehead atoms. The molecule has 8 heteroatoms. The van der Waals surface area contributed by atoms with Crippen LogP contribution in [-0.4, -0.2) is 67.3 Å². The highest BCUT2D eigenvalue weighted by atomic mass is 19.4. The second kappa shape index (κ2) is 9.90. The number of ether oxygens (including phenoxy) is 2. The fourth-order valence-corrected chi connectivity index (χ4v) is 4.10. The topological polar surface area (TPSA) is 42.0 Å². The summed E-state index contributed by atoms with van der Waals surface area (Å²) in [5.41, 5.74) is 0.844. The molecule has 0 unspecified atom stereocenters.